The number of amides is 4. The third-order valence-corrected chi connectivity index (χ3v) is 16.0. The lowest BCUT2D eigenvalue weighted by Crippen LogP contribution is -2.74. The molecule has 1 saturated heterocycles. The number of carbonyl (C=O) groups excluding carboxylic acids is 4. The number of thiazole rings is 1. The van der Waals surface area contributed by atoms with Crippen LogP contribution in [0.2, 0.25) is 5.02 Å². The first kappa shape index (κ1) is 55.4. The fourth-order valence-corrected chi connectivity index (χ4v) is 11.9. The Hall–Kier alpha value is -6.81. The number of nitriles is 1. The summed E-state index contributed by atoms with van der Waals surface area (Å²) in [5, 5.41) is 29.3. The van der Waals surface area contributed by atoms with Gasteiger partial charge in [-0.05, 0) is 93.5 Å². The first-order chi connectivity index (χ1) is 36.0. The number of hydrogen-bond acceptors (Lipinski definition) is 14. The molecule has 4 atom stereocenters. The van der Waals surface area contributed by atoms with Crippen molar-refractivity contribution in [1.82, 2.24) is 35.8 Å². The van der Waals surface area contributed by atoms with Gasteiger partial charge in [0.05, 0.1) is 56.8 Å². The van der Waals surface area contributed by atoms with Crippen LogP contribution in [0.3, 0.4) is 0 Å². The van der Waals surface area contributed by atoms with Gasteiger partial charge in [-0.3, -0.25) is 24.2 Å². The van der Waals surface area contributed by atoms with Crippen LogP contribution < -0.4 is 34.9 Å². The molecule has 2 saturated carbocycles. The Labute approximate surface area is 453 Å². The van der Waals surface area contributed by atoms with E-state index in [1.54, 1.807) is 54.2 Å². The van der Waals surface area contributed by atoms with Gasteiger partial charge in [0, 0.05) is 59.3 Å². The Morgan fingerprint density at radius 3 is 2.13 bits per heavy atom. The molecule has 0 unspecified atom stereocenters. The summed E-state index contributed by atoms with van der Waals surface area (Å²) >= 11 is 7.78. The highest BCUT2D eigenvalue weighted by Crippen LogP contribution is 2.55. The average Bonchev–Trinajstić information content (AvgIpc) is 4.08. The molecule has 1 aliphatic heterocycles. The molecule has 0 bridgehead atoms. The van der Waals surface area contributed by atoms with Crippen LogP contribution >= 0.6 is 22.9 Å². The molecule has 76 heavy (non-hydrogen) atoms. The molecule has 5 aromatic rings. The van der Waals surface area contributed by atoms with Crippen molar-refractivity contribution < 1.29 is 43.2 Å². The second-order valence-electron chi connectivity index (χ2n) is 22.3. The fraction of sp³-hybridized carbons (Fsp3) is 0.474. The zero-order chi connectivity index (χ0) is 54.7. The Balaban J connectivity index is 0.758. The maximum atomic E-state index is 14.2. The smallest absolute Gasteiger partial charge is 0.258 e. The van der Waals surface area contributed by atoms with Crippen molar-refractivity contribution in [3.8, 4) is 39.6 Å². The molecular weight excluding hydrogens is 1010 g/mol. The number of benzene rings is 2. The van der Waals surface area contributed by atoms with Crippen LogP contribution in [0.4, 0.5) is 0 Å². The number of aromatic nitrogens is 3. The highest BCUT2D eigenvalue weighted by atomic mass is 35.5. The molecule has 2 aliphatic carbocycles. The summed E-state index contributed by atoms with van der Waals surface area (Å²) in [7, 11) is 0. The number of aliphatic hydroxyl groups excluding tert-OH is 1. The summed E-state index contributed by atoms with van der Waals surface area (Å²) in [6.07, 6.45) is 5.06. The summed E-state index contributed by atoms with van der Waals surface area (Å²) in [5.74, 6) is 0.358. The molecule has 4 N–H and O–H groups in total. The zero-order valence-corrected chi connectivity index (χ0v) is 46.0. The van der Waals surface area contributed by atoms with Crippen LogP contribution in [0.5, 0.6) is 23.1 Å². The number of hydrogen-bond donors (Lipinski definition) is 4. The van der Waals surface area contributed by atoms with E-state index >= 15 is 0 Å². The molecule has 19 heteroatoms. The summed E-state index contributed by atoms with van der Waals surface area (Å²) < 4.78 is 24.7. The van der Waals surface area contributed by atoms with Crippen LogP contribution in [-0.4, -0.2) is 104 Å². The standard InChI is InChI=1S/C57H67ClN8O9S/c1-32(44-22-13-36(27-60-44)48-33(2)62-31-76-48)63-51(70)45-24-37(67)29-66(45)52(71)49(55(3,4)5)64-46(68)30-72-42-21-23-47(61-28-42)74-40-19-17-39(18-20-40)73-38-14-10-34(11-15-38)50(69)65-53-56(6,7)54(57(53,8)9)75-41-16-12-35(26-59)43(58)25-41/h10-16,21-23,25,27-28,31-32,37,39-40,45,49,53-54,67H,17-20,24,29-30H2,1-9H3,(H,63,70)(H,64,68)(H,65,69)/t32-,37+,39?,40?,45-,49+,53-,54-/m0/s1. The maximum absolute atomic E-state index is 14.2. The first-order valence-electron chi connectivity index (χ1n) is 25.7. The van der Waals surface area contributed by atoms with E-state index < -0.39 is 64.8 Å². The topological polar surface area (TPSA) is 227 Å². The summed E-state index contributed by atoms with van der Waals surface area (Å²) in [4.78, 5) is 70.3. The third-order valence-electron chi connectivity index (χ3n) is 14.7. The van der Waals surface area contributed by atoms with Crippen molar-refractivity contribution in [2.24, 2.45) is 16.2 Å². The minimum Gasteiger partial charge on any atom is -0.490 e. The number of aliphatic hydroxyl groups is 1. The largest absolute Gasteiger partial charge is 0.490 e. The number of pyridine rings is 2. The maximum Gasteiger partial charge on any atom is 0.258 e. The predicted octanol–water partition coefficient (Wildman–Crippen LogP) is 8.56. The second kappa shape index (κ2) is 22.8. The highest BCUT2D eigenvalue weighted by molar-refractivity contribution is 7.13. The minimum atomic E-state index is -1.03. The molecule has 0 spiro atoms. The van der Waals surface area contributed by atoms with E-state index in [4.69, 9.17) is 30.5 Å². The Morgan fingerprint density at radius 2 is 1.54 bits per heavy atom. The number of β-amino-alcohol motifs (C(OH)–C–C–N with tert-alkyl or cyclic N) is 1. The molecule has 8 rings (SSSR count). The van der Waals surface area contributed by atoms with Crippen LogP contribution in [0.1, 0.15) is 121 Å². The van der Waals surface area contributed by atoms with Gasteiger partial charge in [-0.1, -0.05) is 66.1 Å². The molecule has 2 aromatic carbocycles. The third kappa shape index (κ3) is 12.5. The number of likely N-dealkylation sites (tertiary alicyclic amines) is 1. The van der Waals surface area contributed by atoms with E-state index in [9.17, 15) is 29.5 Å². The number of nitrogens with zero attached hydrogens (tertiary/aromatic N) is 5. The normalized spacial score (nSPS) is 22.4. The van der Waals surface area contributed by atoms with E-state index in [-0.39, 0.29) is 43.2 Å². The van der Waals surface area contributed by atoms with Crippen molar-refractivity contribution >= 4 is 46.6 Å². The molecular formula is C57H67ClN8O9S. The van der Waals surface area contributed by atoms with Crippen molar-refractivity contribution in [1.29, 1.82) is 5.26 Å². The quantitative estimate of drug-likeness (QED) is 0.0685. The molecule has 0 radical (unpaired) electrons. The number of ether oxygens (including phenoxy) is 4. The molecule has 4 amide bonds. The van der Waals surface area contributed by atoms with Gasteiger partial charge in [-0.15, -0.1) is 11.3 Å². The van der Waals surface area contributed by atoms with Gasteiger partial charge < -0.3 is 44.9 Å². The van der Waals surface area contributed by atoms with Gasteiger partial charge in [0.1, 0.15) is 47.6 Å². The number of carbonyl (C=O) groups is 4. The number of rotatable bonds is 17. The van der Waals surface area contributed by atoms with E-state index in [1.165, 1.54) is 22.4 Å². The lowest BCUT2D eigenvalue weighted by atomic mass is 9.49. The van der Waals surface area contributed by atoms with Gasteiger partial charge in [0.25, 0.3) is 11.8 Å². The minimum absolute atomic E-state index is 0.0225. The van der Waals surface area contributed by atoms with E-state index in [0.717, 1.165) is 41.8 Å². The number of halogens is 1. The average molecular weight is 1080 g/mol. The number of aryl methyl sites for hydroxylation is 1. The fourth-order valence-electron chi connectivity index (χ4n) is 10.9. The second-order valence-corrected chi connectivity index (χ2v) is 23.6. The van der Waals surface area contributed by atoms with E-state index in [0.29, 0.717) is 45.0 Å². The summed E-state index contributed by atoms with van der Waals surface area (Å²) in [6, 6.07) is 18.8. The van der Waals surface area contributed by atoms with Crippen LogP contribution in [0, 0.1) is 34.5 Å². The lowest BCUT2D eigenvalue weighted by molar-refractivity contribution is -0.164. The lowest BCUT2D eigenvalue weighted by Gasteiger charge is -2.63. The van der Waals surface area contributed by atoms with Crippen LogP contribution in [0.15, 0.2) is 84.6 Å². The summed E-state index contributed by atoms with van der Waals surface area (Å²) in [6.45, 7) is 17.0. The van der Waals surface area contributed by atoms with Gasteiger partial charge in [0.2, 0.25) is 17.7 Å². The van der Waals surface area contributed by atoms with Crippen molar-refractivity contribution in [2.45, 2.75) is 143 Å². The van der Waals surface area contributed by atoms with E-state index in [1.807, 2.05) is 58.9 Å². The molecule has 3 aliphatic rings. The van der Waals surface area contributed by atoms with Gasteiger partial charge in [-0.2, -0.15) is 5.26 Å². The predicted molar refractivity (Wildman–Crippen MR) is 287 cm³/mol. The molecule has 402 valence electrons. The SMILES string of the molecule is Cc1ncsc1-c1ccc([C@H](C)NC(=O)[C@@H]2C[C@@H](O)CN2C(=O)[C@@H](NC(=O)COc2ccc(OC3CCC(Oc4ccc(C(=O)N[C@H]5C(C)(C)[C@H](Oc6ccc(C#N)c(Cl)c6)C5(C)C)cc4)CC3)nc2)C(C)(C)C)nc1. The van der Waals surface area contributed by atoms with Gasteiger partial charge in [0.15, 0.2) is 6.61 Å². The Kier molecular flexibility index (Phi) is 16.6. The monoisotopic (exact) mass is 1070 g/mol. The van der Waals surface area contributed by atoms with E-state index in [2.05, 4.69) is 64.7 Å². The Morgan fingerprint density at radius 1 is 0.868 bits per heavy atom. The van der Waals surface area contributed by atoms with Crippen molar-refractivity contribution in [3.63, 3.8) is 0 Å². The number of nitrogens with one attached hydrogen (secondary N) is 3. The Bertz CT molecular complexity index is 2910. The zero-order valence-electron chi connectivity index (χ0n) is 44.4. The van der Waals surface area contributed by atoms with Crippen molar-refractivity contribution in [3.05, 3.63) is 112 Å². The van der Waals surface area contributed by atoms with Crippen LogP contribution in [-0.2, 0) is 14.4 Å². The first-order valence-corrected chi connectivity index (χ1v) is 26.9. The summed E-state index contributed by atoms with van der Waals surface area (Å²) in [5.41, 5.74) is 3.63. The van der Waals surface area contributed by atoms with Gasteiger partial charge >= 0.3 is 0 Å². The molecule has 17 nitrogen and oxygen atoms in total. The molecule has 3 fully saturated rings. The van der Waals surface area contributed by atoms with Crippen molar-refractivity contribution in [2.75, 3.05) is 13.2 Å². The highest BCUT2D eigenvalue weighted by Gasteiger charge is 2.64. The molecule has 4 heterocycles. The van der Waals surface area contributed by atoms with Crippen LogP contribution in [0.25, 0.3) is 10.4 Å². The molecule has 3 aromatic heterocycles. The van der Waals surface area contributed by atoms with Gasteiger partial charge in [-0.25, -0.2) is 9.97 Å².